The summed E-state index contributed by atoms with van der Waals surface area (Å²) in [5, 5.41) is 8.69. The van der Waals surface area contributed by atoms with Crippen LogP contribution in [0.25, 0.3) is 0 Å². The summed E-state index contributed by atoms with van der Waals surface area (Å²) in [6.45, 7) is 2.61. The van der Waals surface area contributed by atoms with Gasteiger partial charge in [0.05, 0.1) is 16.3 Å². The Bertz CT molecular complexity index is 695. The number of amides is 1. The standard InChI is InChI=1S/C11H10ClNO5S/c1-11(2)10(16)13(19(11,17)18)8-4-3-6(9(14)15)5-7(8)12/h3-5H,1-2H3,(H,14,15). The first kappa shape index (κ1) is 13.8. The van der Waals surface area contributed by atoms with Crippen molar-refractivity contribution in [1.82, 2.24) is 0 Å². The fourth-order valence-corrected chi connectivity index (χ4v) is 3.51. The molecule has 0 unspecified atom stereocenters. The summed E-state index contributed by atoms with van der Waals surface area (Å²) in [5.41, 5.74) is -0.116. The van der Waals surface area contributed by atoms with E-state index in [1.54, 1.807) is 0 Å². The number of nitrogens with zero attached hydrogens (tertiary/aromatic N) is 1. The van der Waals surface area contributed by atoms with E-state index < -0.39 is 26.6 Å². The fraction of sp³-hybridized carbons (Fsp3) is 0.273. The number of hydrogen-bond acceptors (Lipinski definition) is 4. The van der Waals surface area contributed by atoms with Gasteiger partial charge >= 0.3 is 5.97 Å². The number of hydrogen-bond donors (Lipinski definition) is 1. The van der Waals surface area contributed by atoms with E-state index in [4.69, 9.17) is 16.7 Å². The Hall–Kier alpha value is -1.60. The highest BCUT2D eigenvalue weighted by Crippen LogP contribution is 2.42. The monoisotopic (exact) mass is 303 g/mol. The average molecular weight is 304 g/mol. The number of halogens is 1. The van der Waals surface area contributed by atoms with E-state index in [2.05, 4.69) is 0 Å². The molecular weight excluding hydrogens is 294 g/mol. The topological polar surface area (TPSA) is 91.8 Å². The number of benzene rings is 1. The molecule has 0 spiro atoms. The third kappa shape index (κ3) is 1.73. The third-order valence-corrected chi connectivity index (χ3v) is 5.61. The predicted molar refractivity (Wildman–Crippen MR) is 68.9 cm³/mol. The molecule has 0 radical (unpaired) electrons. The molecule has 0 aliphatic carbocycles. The van der Waals surface area contributed by atoms with Gasteiger partial charge in [-0.3, -0.25) is 4.79 Å². The maximum absolute atomic E-state index is 12.0. The number of carbonyl (C=O) groups is 2. The Labute approximate surface area is 114 Å². The second-order valence-electron chi connectivity index (χ2n) is 4.56. The molecule has 1 amide bonds. The van der Waals surface area contributed by atoms with Crippen LogP contribution in [0.4, 0.5) is 5.69 Å². The zero-order chi connectivity index (χ0) is 14.6. The molecule has 1 saturated heterocycles. The second-order valence-corrected chi connectivity index (χ2v) is 7.30. The highest BCUT2D eigenvalue weighted by atomic mass is 35.5. The van der Waals surface area contributed by atoms with Crippen LogP contribution in [0.1, 0.15) is 24.2 Å². The van der Waals surface area contributed by atoms with Gasteiger partial charge in [0.2, 0.25) is 0 Å². The molecule has 1 aromatic carbocycles. The summed E-state index contributed by atoms with van der Waals surface area (Å²) in [4.78, 5) is 22.6. The van der Waals surface area contributed by atoms with E-state index in [9.17, 15) is 18.0 Å². The molecule has 0 atom stereocenters. The van der Waals surface area contributed by atoms with Gasteiger partial charge in [0, 0.05) is 0 Å². The molecule has 1 aliphatic rings. The first-order valence-electron chi connectivity index (χ1n) is 5.23. The van der Waals surface area contributed by atoms with E-state index in [0.29, 0.717) is 4.31 Å². The van der Waals surface area contributed by atoms with Crippen LogP contribution >= 0.6 is 11.6 Å². The third-order valence-electron chi connectivity index (χ3n) is 3.00. The molecule has 0 aromatic heterocycles. The number of anilines is 1. The molecule has 102 valence electrons. The van der Waals surface area contributed by atoms with Gasteiger partial charge in [0.25, 0.3) is 15.9 Å². The summed E-state index contributed by atoms with van der Waals surface area (Å²) in [6, 6.07) is 3.50. The van der Waals surface area contributed by atoms with Gasteiger partial charge in [0.1, 0.15) is 0 Å². The highest BCUT2D eigenvalue weighted by molar-refractivity contribution is 7.98. The Kier molecular flexibility index (Phi) is 2.87. The number of carboxylic acid groups (broad SMARTS) is 1. The van der Waals surface area contributed by atoms with E-state index in [1.165, 1.54) is 26.0 Å². The van der Waals surface area contributed by atoms with Gasteiger partial charge in [0.15, 0.2) is 4.75 Å². The lowest BCUT2D eigenvalue weighted by Gasteiger charge is -2.43. The Morgan fingerprint density at radius 3 is 2.37 bits per heavy atom. The molecule has 1 N–H and O–H groups in total. The minimum atomic E-state index is -3.81. The molecule has 1 aromatic rings. The van der Waals surface area contributed by atoms with E-state index in [-0.39, 0.29) is 16.3 Å². The predicted octanol–water partition coefficient (Wildman–Crippen LogP) is 1.49. The van der Waals surface area contributed by atoms with Crippen molar-refractivity contribution in [3.05, 3.63) is 28.8 Å². The van der Waals surface area contributed by atoms with Crippen LogP contribution < -0.4 is 4.31 Å². The Morgan fingerprint density at radius 2 is 1.95 bits per heavy atom. The van der Waals surface area contributed by atoms with Crippen molar-refractivity contribution in [3.63, 3.8) is 0 Å². The zero-order valence-electron chi connectivity index (χ0n) is 10.0. The van der Waals surface area contributed by atoms with Gasteiger partial charge in [-0.2, -0.15) is 0 Å². The molecular formula is C11H10ClNO5S. The van der Waals surface area contributed by atoms with Gasteiger partial charge in [-0.05, 0) is 32.0 Å². The maximum Gasteiger partial charge on any atom is 0.335 e. The zero-order valence-corrected chi connectivity index (χ0v) is 11.6. The van der Waals surface area contributed by atoms with E-state index in [1.807, 2.05) is 0 Å². The Morgan fingerprint density at radius 1 is 1.37 bits per heavy atom. The van der Waals surface area contributed by atoms with Crippen molar-refractivity contribution in [2.45, 2.75) is 18.6 Å². The molecule has 1 fully saturated rings. The van der Waals surface area contributed by atoms with Crippen LogP contribution in [0.3, 0.4) is 0 Å². The molecule has 1 heterocycles. The van der Waals surface area contributed by atoms with Crippen molar-refractivity contribution < 1.29 is 23.1 Å². The summed E-state index contributed by atoms with van der Waals surface area (Å²) < 4.78 is 23.1. The van der Waals surface area contributed by atoms with Crippen LogP contribution in [0, 0.1) is 0 Å². The van der Waals surface area contributed by atoms with Gasteiger partial charge in [-0.15, -0.1) is 0 Å². The molecule has 0 saturated carbocycles. The summed E-state index contributed by atoms with van der Waals surface area (Å²) >= 11 is 5.85. The number of rotatable bonds is 2. The van der Waals surface area contributed by atoms with Crippen LogP contribution in [0.15, 0.2) is 18.2 Å². The van der Waals surface area contributed by atoms with Crippen molar-refractivity contribution >= 4 is 39.2 Å². The van der Waals surface area contributed by atoms with Crippen molar-refractivity contribution in [3.8, 4) is 0 Å². The first-order chi connectivity index (χ1) is 8.60. The maximum atomic E-state index is 12.0. The number of aromatic carboxylic acids is 1. The van der Waals surface area contributed by atoms with E-state index >= 15 is 0 Å². The number of carboxylic acids is 1. The van der Waals surface area contributed by atoms with Crippen LogP contribution in [-0.2, 0) is 14.8 Å². The quantitative estimate of drug-likeness (QED) is 0.893. The highest BCUT2D eigenvalue weighted by Gasteiger charge is 2.61. The van der Waals surface area contributed by atoms with Crippen molar-refractivity contribution in [1.29, 1.82) is 0 Å². The lowest BCUT2D eigenvalue weighted by molar-refractivity contribution is -0.120. The largest absolute Gasteiger partial charge is 0.478 e. The smallest absolute Gasteiger partial charge is 0.335 e. The van der Waals surface area contributed by atoms with Crippen molar-refractivity contribution in [2.75, 3.05) is 4.31 Å². The molecule has 6 nitrogen and oxygen atoms in total. The van der Waals surface area contributed by atoms with Crippen LogP contribution in [0.2, 0.25) is 5.02 Å². The first-order valence-corrected chi connectivity index (χ1v) is 7.04. The Balaban J connectivity index is 2.51. The second kappa shape index (κ2) is 3.94. The molecule has 19 heavy (non-hydrogen) atoms. The summed E-state index contributed by atoms with van der Waals surface area (Å²) in [7, 11) is -3.81. The SMILES string of the molecule is CC1(C)C(=O)N(c2ccc(C(=O)O)cc2Cl)S1(=O)=O. The van der Waals surface area contributed by atoms with Gasteiger partial charge in [-0.25, -0.2) is 17.5 Å². The minimum Gasteiger partial charge on any atom is -0.478 e. The molecule has 1 aliphatic heterocycles. The summed E-state index contributed by atoms with van der Waals surface area (Å²) in [6.07, 6.45) is 0. The van der Waals surface area contributed by atoms with E-state index in [0.717, 1.165) is 6.07 Å². The summed E-state index contributed by atoms with van der Waals surface area (Å²) in [5.74, 6) is -1.79. The number of carbonyl (C=O) groups excluding carboxylic acids is 1. The molecule has 2 rings (SSSR count). The number of sulfonamides is 1. The van der Waals surface area contributed by atoms with Gasteiger partial charge < -0.3 is 5.11 Å². The normalized spacial score (nSPS) is 19.9. The van der Waals surface area contributed by atoms with Crippen LogP contribution in [0.5, 0.6) is 0 Å². The van der Waals surface area contributed by atoms with Gasteiger partial charge in [-0.1, -0.05) is 11.6 Å². The molecule has 8 heteroatoms. The van der Waals surface area contributed by atoms with Crippen LogP contribution in [-0.4, -0.2) is 30.1 Å². The lowest BCUT2D eigenvalue weighted by Crippen LogP contribution is -2.67. The fourth-order valence-electron chi connectivity index (χ4n) is 1.70. The molecule has 0 bridgehead atoms. The minimum absolute atomic E-state index is 0.0315. The van der Waals surface area contributed by atoms with Crippen molar-refractivity contribution in [2.24, 2.45) is 0 Å². The lowest BCUT2D eigenvalue weighted by atomic mass is 10.1. The average Bonchev–Trinajstić information content (AvgIpc) is 2.30.